The van der Waals surface area contributed by atoms with Gasteiger partial charge in [-0.25, -0.2) is 4.79 Å². The highest BCUT2D eigenvalue weighted by atomic mass is 16.5. The molecule has 42 heavy (non-hydrogen) atoms. The first kappa shape index (κ1) is 31.5. The molecule has 4 saturated carbocycles. The second-order valence-electron chi connectivity index (χ2n) is 15.8. The number of phenolic OH excluding ortho intramolecular Hbond substituents is 2. The third-order valence-electron chi connectivity index (χ3n) is 13.5. The summed E-state index contributed by atoms with van der Waals surface area (Å²) in [5.41, 5.74) is 1.56. The van der Waals surface area contributed by atoms with Crippen LogP contribution < -0.4 is 0 Å². The first-order chi connectivity index (χ1) is 20.0. The number of esters is 1. The molecule has 0 aromatic heterocycles. The first-order valence-corrected chi connectivity index (χ1v) is 17.4. The molecular weight excluding hydrogens is 520 g/mol. The number of carbonyl (C=O) groups is 1. The SMILES string of the molecule is CC[C@H](CC[C@@H](C)[C@H]1CCC2C3CCC4C[C@@H](OC(=O)/C=C\c5ccc(O)c(O)c5)CC[C@]4(C)C3CC[C@@]21C)C(C)C. The van der Waals surface area contributed by atoms with Crippen molar-refractivity contribution in [2.24, 2.45) is 58.2 Å². The topological polar surface area (TPSA) is 66.8 Å². The van der Waals surface area contributed by atoms with Crippen LogP contribution in [-0.4, -0.2) is 22.3 Å². The van der Waals surface area contributed by atoms with Crippen LogP contribution in [0.4, 0.5) is 0 Å². The van der Waals surface area contributed by atoms with E-state index < -0.39 is 0 Å². The summed E-state index contributed by atoms with van der Waals surface area (Å²) in [6.45, 7) is 15.1. The van der Waals surface area contributed by atoms with E-state index in [-0.39, 0.29) is 23.6 Å². The van der Waals surface area contributed by atoms with Gasteiger partial charge in [-0.15, -0.1) is 0 Å². The molecule has 0 aliphatic heterocycles. The van der Waals surface area contributed by atoms with Gasteiger partial charge < -0.3 is 14.9 Å². The van der Waals surface area contributed by atoms with Gasteiger partial charge in [0.2, 0.25) is 0 Å². The maximum Gasteiger partial charge on any atom is 0.331 e. The molecule has 0 radical (unpaired) electrons. The van der Waals surface area contributed by atoms with Crippen molar-refractivity contribution in [2.75, 3.05) is 0 Å². The van der Waals surface area contributed by atoms with Crippen molar-refractivity contribution in [1.82, 2.24) is 0 Å². The fourth-order valence-corrected chi connectivity index (χ4v) is 11.0. The van der Waals surface area contributed by atoms with Gasteiger partial charge in [0.05, 0.1) is 0 Å². The van der Waals surface area contributed by atoms with E-state index in [1.54, 1.807) is 12.1 Å². The lowest BCUT2D eigenvalue weighted by Crippen LogP contribution is -2.54. The van der Waals surface area contributed by atoms with Crippen molar-refractivity contribution < 1.29 is 19.7 Å². The summed E-state index contributed by atoms with van der Waals surface area (Å²) in [5, 5.41) is 19.2. The van der Waals surface area contributed by atoms with Crippen LogP contribution in [0.3, 0.4) is 0 Å². The highest BCUT2D eigenvalue weighted by molar-refractivity contribution is 5.87. The average Bonchev–Trinajstić information content (AvgIpc) is 3.31. The van der Waals surface area contributed by atoms with Gasteiger partial charge in [-0.2, -0.15) is 0 Å². The largest absolute Gasteiger partial charge is 0.504 e. The second-order valence-corrected chi connectivity index (χ2v) is 15.8. The maximum absolute atomic E-state index is 12.7. The molecule has 2 N–H and O–H groups in total. The van der Waals surface area contributed by atoms with Crippen molar-refractivity contribution in [3.63, 3.8) is 0 Å². The Balaban J connectivity index is 1.18. The van der Waals surface area contributed by atoms with E-state index in [0.29, 0.717) is 22.3 Å². The van der Waals surface area contributed by atoms with Crippen molar-refractivity contribution in [2.45, 2.75) is 125 Å². The number of aromatic hydroxyl groups is 2. The summed E-state index contributed by atoms with van der Waals surface area (Å²) in [6, 6.07) is 4.54. The molecule has 0 spiro atoms. The van der Waals surface area contributed by atoms with Crippen LogP contribution in [0.25, 0.3) is 6.08 Å². The minimum Gasteiger partial charge on any atom is -0.504 e. The monoisotopic (exact) mass is 578 g/mol. The standard InChI is InChI=1S/C38H58O4/c1-7-27(24(2)3)11-8-25(4)31-14-15-32-30-13-12-28-23-29(18-20-37(28,5)33(30)19-21-38(31,32)6)42-36(41)17-10-26-9-16-34(39)35(40)22-26/h9-10,16-17,22,24-25,27-33,39-40H,7-8,11-15,18-21,23H2,1-6H3/b17-10-/t25-,27-,28?,29+,30?,31-,32?,33?,37+,38-/m1/s1. The smallest absolute Gasteiger partial charge is 0.331 e. The van der Waals surface area contributed by atoms with Gasteiger partial charge in [-0.3, -0.25) is 0 Å². The molecule has 4 aliphatic rings. The lowest BCUT2D eigenvalue weighted by molar-refractivity contribution is -0.157. The van der Waals surface area contributed by atoms with E-state index in [0.717, 1.165) is 54.3 Å². The molecule has 5 rings (SSSR count). The highest BCUT2D eigenvalue weighted by Crippen LogP contribution is 2.68. The third kappa shape index (κ3) is 6.03. The molecule has 1 aromatic rings. The van der Waals surface area contributed by atoms with E-state index in [9.17, 15) is 15.0 Å². The molecule has 4 nitrogen and oxygen atoms in total. The third-order valence-corrected chi connectivity index (χ3v) is 13.5. The number of ether oxygens (including phenoxy) is 1. The van der Waals surface area contributed by atoms with Crippen LogP contribution >= 0.6 is 0 Å². The van der Waals surface area contributed by atoms with Crippen molar-refractivity contribution in [3.8, 4) is 11.5 Å². The summed E-state index contributed by atoms with van der Waals surface area (Å²) < 4.78 is 5.95. The molecule has 0 bridgehead atoms. The normalized spacial score (nSPS) is 37.6. The van der Waals surface area contributed by atoms with Gasteiger partial charge in [0, 0.05) is 6.08 Å². The Morgan fingerprint density at radius 3 is 2.40 bits per heavy atom. The number of rotatable bonds is 9. The van der Waals surface area contributed by atoms with Crippen molar-refractivity contribution in [3.05, 3.63) is 29.8 Å². The quantitative estimate of drug-likeness (QED) is 0.174. The number of hydrogen-bond acceptors (Lipinski definition) is 4. The van der Waals surface area contributed by atoms with Gasteiger partial charge in [0.15, 0.2) is 11.5 Å². The maximum atomic E-state index is 12.7. The Labute approximate surface area is 255 Å². The summed E-state index contributed by atoms with van der Waals surface area (Å²) >= 11 is 0. The predicted molar refractivity (Wildman–Crippen MR) is 171 cm³/mol. The molecule has 4 unspecified atom stereocenters. The van der Waals surface area contributed by atoms with Crippen LogP contribution in [0.2, 0.25) is 0 Å². The summed E-state index contributed by atoms with van der Waals surface area (Å²) in [4.78, 5) is 12.7. The van der Waals surface area contributed by atoms with Crippen LogP contribution in [0.15, 0.2) is 24.3 Å². The minimum atomic E-state index is -0.317. The number of benzene rings is 1. The minimum absolute atomic E-state index is 0.00616. The molecule has 10 atom stereocenters. The highest BCUT2D eigenvalue weighted by Gasteiger charge is 2.60. The number of phenols is 2. The Kier molecular flexibility index (Phi) is 9.41. The Hall–Kier alpha value is -1.97. The van der Waals surface area contributed by atoms with Crippen LogP contribution in [0.5, 0.6) is 11.5 Å². The van der Waals surface area contributed by atoms with E-state index in [1.807, 2.05) is 0 Å². The number of carbonyl (C=O) groups excluding carboxylic acids is 1. The summed E-state index contributed by atoms with van der Waals surface area (Å²) in [6.07, 6.45) is 18.7. The molecule has 4 aliphatic carbocycles. The molecule has 1 aromatic carbocycles. The number of hydrogen-bond donors (Lipinski definition) is 2. The lowest BCUT2D eigenvalue weighted by atomic mass is 9.44. The van der Waals surface area contributed by atoms with Crippen LogP contribution in [0, 0.1) is 58.2 Å². The molecule has 0 heterocycles. The summed E-state index contributed by atoms with van der Waals surface area (Å²) in [5.74, 6) is 5.99. The van der Waals surface area contributed by atoms with E-state index in [4.69, 9.17) is 4.74 Å². The second kappa shape index (κ2) is 12.6. The van der Waals surface area contributed by atoms with Crippen molar-refractivity contribution >= 4 is 12.0 Å². The molecule has 4 heteroatoms. The zero-order valence-corrected chi connectivity index (χ0v) is 27.3. The zero-order chi connectivity index (χ0) is 30.2. The molecule has 4 fully saturated rings. The fourth-order valence-electron chi connectivity index (χ4n) is 11.0. The Morgan fingerprint density at radius 2 is 1.69 bits per heavy atom. The molecule has 0 amide bonds. The predicted octanol–water partition coefficient (Wildman–Crippen LogP) is 9.78. The van der Waals surface area contributed by atoms with Gasteiger partial charge in [-0.1, -0.05) is 60.5 Å². The average molecular weight is 579 g/mol. The van der Waals surface area contributed by atoms with E-state index >= 15 is 0 Å². The Bertz CT molecular complexity index is 1120. The van der Waals surface area contributed by atoms with Gasteiger partial charge in [-0.05, 0) is 146 Å². The van der Waals surface area contributed by atoms with E-state index in [1.165, 1.54) is 82.4 Å². The van der Waals surface area contributed by atoms with Gasteiger partial charge >= 0.3 is 5.97 Å². The van der Waals surface area contributed by atoms with Gasteiger partial charge in [0.25, 0.3) is 0 Å². The molecular formula is C38H58O4. The van der Waals surface area contributed by atoms with Crippen LogP contribution in [0.1, 0.15) is 124 Å². The number of fused-ring (bicyclic) bond motifs is 5. The molecule has 0 saturated heterocycles. The first-order valence-electron chi connectivity index (χ1n) is 17.4. The van der Waals surface area contributed by atoms with Crippen LogP contribution in [-0.2, 0) is 9.53 Å². The van der Waals surface area contributed by atoms with E-state index in [2.05, 4.69) is 41.5 Å². The van der Waals surface area contributed by atoms with Gasteiger partial charge in [0.1, 0.15) is 6.10 Å². The molecule has 234 valence electrons. The fraction of sp³-hybridized carbons (Fsp3) is 0.763. The van der Waals surface area contributed by atoms with Crippen molar-refractivity contribution in [1.29, 1.82) is 0 Å². The summed E-state index contributed by atoms with van der Waals surface area (Å²) in [7, 11) is 0. The Morgan fingerprint density at radius 1 is 0.952 bits per heavy atom. The zero-order valence-electron chi connectivity index (χ0n) is 27.3. The lowest BCUT2D eigenvalue weighted by Gasteiger charge is -2.61.